The fourth-order valence-corrected chi connectivity index (χ4v) is 3.98. The molecule has 7 nitrogen and oxygen atoms in total. The summed E-state index contributed by atoms with van der Waals surface area (Å²) < 4.78 is 4.89. The molecule has 2 atom stereocenters. The summed E-state index contributed by atoms with van der Waals surface area (Å²) in [7, 11) is 0. The maximum Gasteiger partial charge on any atom is 0.235 e. The van der Waals surface area contributed by atoms with Gasteiger partial charge in [-0.2, -0.15) is 0 Å². The highest BCUT2D eigenvalue weighted by Gasteiger charge is 2.37. The van der Waals surface area contributed by atoms with Crippen LogP contribution in [0.4, 0.5) is 5.82 Å². The molecule has 1 aromatic heterocycles. The van der Waals surface area contributed by atoms with Crippen molar-refractivity contribution in [1.82, 2.24) is 15.4 Å². The summed E-state index contributed by atoms with van der Waals surface area (Å²) in [5.74, 6) is 1.62. The SMILES string of the molecule is Cc1cc(NC(=O)CSCC(=O)N2C3CCNCC2CC3)no1. The highest BCUT2D eigenvalue weighted by Crippen LogP contribution is 2.28. The lowest BCUT2D eigenvalue weighted by atomic mass is 10.1. The van der Waals surface area contributed by atoms with E-state index in [2.05, 4.69) is 15.8 Å². The quantitative estimate of drug-likeness (QED) is 0.833. The van der Waals surface area contributed by atoms with Gasteiger partial charge in [0.25, 0.3) is 0 Å². The van der Waals surface area contributed by atoms with Gasteiger partial charge in [-0.25, -0.2) is 0 Å². The first-order chi connectivity index (χ1) is 11.1. The Hall–Kier alpha value is -1.54. The lowest BCUT2D eigenvalue weighted by Gasteiger charge is -2.27. The van der Waals surface area contributed by atoms with Crippen LogP contribution in [0, 0.1) is 6.92 Å². The van der Waals surface area contributed by atoms with Gasteiger partial charge >= 0.3 is 0 Å². The number of fused-ring (bicyclic) bond motifs is 2. The zero-order chi connectivity index (χ0) is 16.2. The van der Waals surface area contributed by atoms with Crippen molar-refractivity contribution in [3.05, 3.63) is 11.8 Å². The van der Waals surface area contributed by atoms with Gasteiger partial charge in [-0.15, -0.1) is 11.8 Å². The molecular weight excluding hydrogens is 316 g/mol. The van der Waals surface area contributed by atoms with Crippen molar-refractivity contribution in [2.75, 3.05) is 29.9 Å². The topological polar surface area (TPSA) is 87.5 Å². The minimum atomic E-state index is -0.170. The smallest absolute Gasteiger partial charge is 0.235 e. The fourth-order valence-electron chi connectivity index (χ4n) is 3.30. The molecule has 2 aliphatic rings. The summed E-state index contributed by atoms with van der Waals surface area (Å²) in [6.45, 7) is 3.64. The van der Waals surface area contributed by atoms with Crippen molar-refractivity contribution in [2.45, 2.75) is 38.3 Å². The molecule has 3 rings (SSSR count). The molecule has 126 valence electrons. The number of nitrogens with one attached hydrogen (secondary N) is 2. The Bertz CT molecular complexity index is 563. The van der Waals surface area contributed by atoms with E-state index >= 15 is 0 Å². The van der Waals surface area contributed by atoms with Crippen molar-refractivity contribution in [1.29, 1.82) is 0 Å². The molecule has 0 aromatic carbocycles. The van der Waals surface area contributed by atoms with E-state index in [4.69, 9.17) is 4.52 Å². The van der Waals surface area contributed by atoms with Crippen molar-refractivity contribution in [2.24, 2.45) is 0 Å². The van der Waals surface area contributed by atoms with Crippen LogP contribution in [-0.2, 0) is 9.59 Å². The number of carbonyl (C=O) groups excluding carboxylic acids is 2. The third kappa shape index (κ3) is 4.06. The van der Waals surface area contributed by atoms with Crippen LogP contribution in [0.5, 0.6) is 0 Å². The van der Waals surface area contributed by atoms with Crippen molar-refractivity contribution in [3.8, 4) is 0 Å². The highest BCUT2D eigenvalue weighted by molar-refractivity contribution is 8.00. The largest absolute Gasteiger partial charge is 0.360 e. The molecule has 0 spiro atoms. The Balaban J connectivity index is 1.43. The van der Waals surface area contributed by atoms with E-state index in [1.165, 1.54) is 11.8 Å². The van der Waals surface area contributed by atoms with Crippen LogP contribution in [0.3, 0.4) is 0 Å². The number of aryl methyl sites for hydroxylation is 1. The van der Waals surface area contributed by atoms with E-state index in [9.17, 15) is 9.59 Å². The van der Waals surface area contributed by atoms with E-state index in [-0.39, 0.29) is 17.6 Å². The van der Waals surface area contributed by atoms with Crippen molar-refractivity contribution in [3.63, 3.8) is 0 Å². The Morgan fingerprint density at radius 1 is 1.39 bits per heavy atom. The van der Waals surface area contributed by atoms with Gasteiger partial charge in [0.2, 0.25) is 11.8 Å². The number of hydrogen-bond donors (Lipinski definition) is 2. The second kappa shape index (κ2) is 7.35. The third-order valence-corrected chi connectivity index (χ3v) is 5.21. The number of aromatic nitrogens is 1. The Labute approximate surface area is 139 Å². The van der Waals surface area contributed by atoms with Crippen LogP contribution in [-0.4, -0.2) is 58.5 Å². The summed E-state index contributed by atoms with van der Waals surface area (Å²) in [6, 6.07) is 2.35. The number of carbonyl (C=O) groups is 2. The van der Waals surface area contributed by atoms with E-state index in [0.29, 0.717) is 29.4 Å². The number of rotatable bonds is 5. The molecule has 8 heteroatoms. The Morgan fingerprint density at radius 3 is 3.00 bits per heavy atom. The first kappa shape index (κ1) is 16.3. The van der Waals surface area contributed by atoms with Crippen LogP contribution < -0.4 is 10.6 Å². The summed E-state index contributed by atoms with van der Waals surface area (Å²) in [6.07, 6.45) is 3.22. The van der Waals surface area contributed by atoms with Crippen molar-refractivity contribution >= 4 is 29.4 Å². The van der Waals surface area contributed by atoms with Crippen LogP contribution in [0.15, 0.2) is 10.6 Å². The third-order valence-electron chi connectivity index (χ3n) is 4.30. The lowest BCUT2D eigenvalue weighted by Crippen LogP contribution is -2.43. The maximum absolute atomic E-state index is 12.5. The van der Waals surface area contributed by atoms with Crippen LogP contribution in [0.2, 0.25) is 0 Å². The van der Waals surface area contributed by atoms with E-state index in [1.54, 1.807) is 13.0 Å². The van der Waals surface area contributed by atoms with E-state index in [0.717, 1.165) is 32.4 Å². The number of hydrogen-bond acceptors (Lipinski definition) is 6. The molecule has 0 radical (unpaired) electrons. The van der Waals surface area contributed by atoms with Gasteiger partial charge in [0, 0.05) is 24.7 Å². The van der Waals surface area contributed by atoms with Gasteiger partial charge < -0.3 is 20.1 Å². The van der Waals surface area contributed by atoms with Crippen LogP contribution >= 0.6 is 11.8 Å². The van der Waals surface area contributed by atoms with Crippen LogP contribution in [0.1, 0.15) is 25.0 Å². The van der Waals surface area contributed by atoms with Crippen molar-refractivity contribution < 1.29 is 14.1 Å². The monoisotopic (exact) mass is 338 g/mol. The summed E-state index contributed by atoms with van der Waals surface area (Å²) in [5.41, 5.74) is 0. The number of anilines is 1. The zero-order valence-corrected chi connectivity index (χ0v) is 14.0. The predicted molar refractivity (Wildman–Crippen MR) is 88.3 cm³/mol. The fraction of sp³-hybridized carbons (Fsp3) is 0.667. The molecule has 0 aliphatic carbocycles. The minimum absolute atomic E-state index is 0.149. The molecular formula is C15H22N4O3S. The van der Waals surface area contributed by atoms with E-state index in [1.807, 2.05) is 4.90 Å². The van der Waals surface area contributed by atoms with Gasteiger partial charge in [0.05, 0.1) is 11.5 Å². The zero-order valence-electron chi connectivity index (χ0n) is 13.2. The minimum Gasteiger partial charge on any atom is -0.360 e. The highest BCUT2D eigenvalue weighted by atomic mass is 32.2. The summed E-state index contributed by atoms with van der Waals surface area (Å²) in [5, 5.41) is 9.76. The molecule has 2 fully saturated rings. The van der Waals surface area contributed by atoms with Gasteiger partial charge in [-0.3, -0.25) is 9.59 Å². The first-order valence-corrected chi connectivity index (χ1v) is 9.12. The number of nitrogens with zero attached hydrogens (tertiary/aromatic N) is 2. The molecule has 23 heavy (non-hydrogen) atoms. The molecule has 2 amide bonds. The Kier molecular flexibility index (Phi) is 5.22. The maximum atomic E-state index is 12.5. The number of amides is 2. The second-order valence-corrected chi connectivity index (χ2v) is 7.03. The molecule has 2 saturated heterocycles. The normalized spacial score (nSPS) is 23.6. The van der Waals surface area contributed by atoms with Gasteiger partial charge in [0.15, 0.2) is 5.82 Å². The van der Waals surface area contributed by atoms with Gasteiger partial charge in [-0.1, -0.05) is 5.16 Å². The molecule has 2 unspecified atom stereocenters. The Morgan fingerprint density at radius 2 is 2.22 bits per heavy atom. The summed E-state index contributed by atoms with van der Waals surface area (Å²) in [4.78, 5) is 26.3. The standard InChI is InChI=1S/C15H22N4O3S/c1-10-6-13(18-22-10)17-14(20)8-23-9-15(21)19-11-2-3-12(19)7-16-5-4-11/h6,11-12,16H,2-5,7-9H2,1H3,(H,17,18,20). The number of thioether (sulfide) groups is 1. The lowest BCUT2D eigenvalue weighted by molar-refractivity contribution is -0.130. The second-order valence-electron chi connectivity index (χ2n) is 6.04. The average molecular weight is 338 g/mol. The molecule has 2 aliphatic heterocycles. The first-order valence-electron chi connectivity index (χ1n) is 7.96. The van der Waals surface area contributed by atoms with Gasteiger partial charge in [-0.05, 0) is 32.7 Å². The molecule has 1 aromatic rings. The molecule has 2 N–H and O–H groups in total. The molecule has 0 saturated carbocycles. The van der Waals surface area contributed by atoms with Gasteiger partial charge in [0.1, 0.15) is 5.76 Å². The molecule has 2 bridgehead atoms. The predicted octanol–water partition coefficient (Wildman–Crippen LogP) is 1.01. The average Bonchev–Trinajstić information content (AvgIpc) is 3.00. The van der Waals surface area contributed by atoms with E-state index < -0.39 is 0 Å². The molecule has 3 heterocycles. The van der Waals surface area contributed by atoms with Crippen LogP contribution in [0.25, 0.3) is 0 Å². The summed E-state index contributed by atoms with van der Waals surface area (Å²) >= 11 is 1.35.